The highest BCUT2D eigenvalue weighted by Gasteiger charge is 2.25. The van der Waals surface area contributed by atoms with Gasteiger partial charge < -0.3 is 15.4 Å². The minimum atomic E-state index is -0.380. The van der Waals surface area contributed by atoms with Crippen molar-refractivity contribution in [1.82, 2.24) is 4.98 Å². The second-order valence-corrected chi connectivity index (χ2v) is 5.94. The number of pyridine rings is 1. The minimum absolute atomic E-state index is 0.0569. The van der Waals surface area contributed by atoms with Crippen LogP contribution in [0.25, 0.3) is 0 Å². The number of para-hydroxylation sites is 1. The molecule has 0 bridgehead atoms. The van der Waals surface area contributed by atoms with Crippen molar-refractivity contribution in [3.8, 4) is 0 Å². The van der Waals surface area contributed by atoms with Crippen LogP contribution in [0.1, 0.15) is 36.5 Å². The van der Waals surface area contributed by atoms with Gasteiger partial charge in [-0.05, 0) is 44.0 Å². The molecule has 6 nitrogen and oxygen atoms in total. The summed E-state index contributed by atoms with van der Waals surface area (Å²) in [6.45, 7) is 2.09. The van der Waals surface area contributed by atoms with Crippen LogP contribution in [0.4, 0.5) is 17.2 Å². The first-order valence-corrected chi connectivity index (χ1v) is 8.47. The number of aromatic nitrogens is 1. The highest BCUT2D eigenvalue weighted by atomic mass is 16.5. The van der Waals surface area contributed by atoms with Crippen LogP contribution in [0, 0.1) is 5.92 Å². The number of amides is 1. The maximum atomic E-state index is 12.0. The molecule has 0 atom stereocenters. The molecule has 1 fully saturated rings. The first-order valence-electron chi connectivity index (χ1n) is 8.47. The Kier molecular flexibility index (Phi) is 5.28. The summed E-state index contributed by atoms with van der Waals surface area (Å²) in [6, 6.07) is 10.7. The van der Waals surface area contributed by atoms with Gasteiger partial charge in [0.1, 0.15) is 5.82 Å². The van der Waals surface area contributed by atoms with Gasteiger partial charge in [0.05, 0.1) is 29.7 Å². The predicted octanol–water partition coefficient (Wildman–Crippen LogP) is 3.74. The normalized spacial score (nSPS) is 13.6. The van der Waals surface area contributed by atoms with Gasteiger partial charge in [-0.25, -0.2) is 9.78 Å². The second-order valence-electron chi connectivity index (χ2n) is 5.94. The molecule has 0 radical (unpaired) electrons. The molecule has 25 heavy (non-hydrogen) atoms. The second kappa shape index (κ2) is 7.79. The Hall–Kier alpha value is -2.89. The first kappa shape index (κ1) is 17.0. The summed E-state index contributed by atoms with van der Waals surface area (Å²) in [5.41, 5.74) is 1.74. The summed E-state index contributed by atoms with van der Waals surface area (Å²) < 4.78 is 5.06. The van der Waals surface area contributed by atoms with E-state index in [2.05, 4.69) is 15.6 Å². The fraction of sp³-hybridized carbons (Fsp3) is 0.316. The van der Waals surface area contributed by atoms with Crippen LogP contribution in [0.3, 0.4) is 0 Å². The summed E-state index contributed by atoms with van der Waals surface area (Å²) in [5, 5.41) is 5.99. The lowest BCUT2D eigenvalue weighted by Crippen LogP contribution is -2.28. The molecule has 1 amide bonds. The SMILES string of the molecule is CCOC(=O)c1ccccc1Nc1ccc(NC(=O)C2CCC2)cn1. The van der Waals surface area contributed by atoms with Crippen LogP contribution in [0.2, 0.25) is 0 Å². The van der Waals surface area contributed by atoms with E-state index in [1.54, 1.807) is 43.5 Å². The molecule has 1 aromatic carbocycles. The Balaban J connectivity index is 1.67. The number of nitrogens with one attached hydrogen (secondary N) is 2. The summed E-state index contributed by atoms with van der Waals surface area (Å²) in [5.74, 6) is 0.393. The lowest BCUT2D eigenvalue weighted by atomic mass is 9.85. The van der Waals surface area contributed by atoms with Gasteiger partial charge in [-0.2, -0.15) is 0 Å². The number of carbonyl (C=O) groups is 2. The quantitative estimate of drug-likeness (QED) is 0.784. The largest absolute Gasteiger partial charge is 0.462 e. The molecule has 1 saturated carbocycles. The summed E-state index contributed by atoms with van der Waals surface area (Å²) >= 11 is 0. The Morgan fingerprint density at radius 3 is 2.64 bits per heavy atom. The topological polar surface area (TPSA) is 80.3 Å². The summed E-state index contributed by atoms with van der Waals surface area (Å²) in [6.07, 6.45) is 4.65. The molecule has 0 unspecified atom stereocenters. The molecule has 130 valence electrons. The third-order valence-electron chi connectivity index (χ3n) is 4.19. The third-order valence-corrected chi connectivity index (χ3v) is 4.19. The highest BCUT2D eigenvalue weighted by molar-refractivity contribution is 5.96. The molecule has 6 heteroatoms. The predicted molar refractivity (Wildman–Crippen MR) is 95.9 cm³/mol. The van der Waals surface area contributed by atoms with Gasteiger partial charge in [0, 0.05) is 5.92 Å². The lowest BCUT2D eigenvalue weighted by Gasteiger charge is -2.23. The van der Waals surface area contributed by atoms with Gasteiger partial charge in [-0.1, -0.05) is 18.6 Å². The maximum Gasteiger partial charge on any atom is 0.340 e. The van der Waals surface area contributed by atoms with E-state index in [-0.39, 0.29) is 17.8 Å². The summed E-state index contributed by atoms with van der Waals surface area (Å²) in [7, 11) is 0. The fourth-order valence-corrected chi connectivity index (χ4v) is 2.57. The highest BCUT2D eigenvalue weighted by Crippen LogP contribution is 2.27. The molecule has 1 heterocycles. The molecule has 1 aliphatic carbocycles. The molecule has 0 aliphatic heterocycles. The monoisotopic (exact) mass is 339 g/mol. The first-order chi connectivity index (χ1) is 12.2. The number of hydrogen-bond acceptors (Lipinski definition) is 5. The number of benzene rings is 1. The number of rotatable bonds is 6. The smallest absolute Gasteiger partial charge is 0.340 e. The van der Waals surface area contributed by atoms with Gasteiger partial charge in [-0.15, -0.1) is 0 Å². The van der Waals surface area contributed by atoms with Crippen molar-refractivity contribution < 1.29 is 14.3 Å². The average molecular weight is 339 g/mol. The zero-order valence-corrected chi connectivity index (χ0v) is 14.1. The number of nitrogens with zero attached hydrogens (tertiary/aromatic N) is 1. The van der Waals surface area contributed by atoms with Gasteiger partial charge >= 0.3 is 5.97 Å². The molecular formula is C19H21N3O3. The van der Waals surface area contributed by atoms with Gasteiger partial charge in [-0.3, -0.25) is 4.79 Å². The van der Waals surface area contributed by atoms with E-state index in [1.165, 1.54) is 0 Å². The Morgan fingerprint density at radius 1 is 1.20 bits per heavy atom. The number of hydrogen-bond donors (Lipinski definition) is 2. The van der Waals surface area contributed by atoms with Crippen LogP contribution in [-0.4, -0.2) is 23.5 Å². The van der Waals surface area contributed by atoms with Crippen molar-refractivity contribution >= 4 is 29.1 Å². The number of esters is 1. The van der Waals surface area contributed by atoms with Crippen LogP contribution < -0.4 is 10.6 Å². The Bertz CT molecular complexity index is 755. The van der Waals surface area contributed by atoms with E-state index in [9.17, 15) is 9.59 Å². The molecular weight excluding hydrogens is 318 g/mol. The molecule has 0 spiro atoms. The zero-order chi connectivity index (χ0) is 17.6. The van der Waals surface area contributed by atoms with Crippen LogP contribution in [0.5, 0.6) is 0 Å². The van der Waals surface area contributed by atoms with Crippen molar-refractivity contribution in [3.05, 3.63) is 48.2 Å². The van der Waals surface area contributed by atoms with E-state index < -0.39 is 0 Å². The maximum absolute atomic E-state index is 12.0. The standard InChI is InChI=1S/C19H21N3O3/c1-2-25-19(24)15-8-3-4-9-16(15)22-17-11-10-14(12-20-17)21-18(23)13-6-5-7-13/h3-4,8-13H,2,5-7H2,1H3,(H,20,22)(H,21,23). The minimum Gasteiger partial charge on any atom is -0.462 e. The Morgan fingerprint density at radius 2 is 2.00 bits per heavy atom. The zero-order valence-electron chi connectivity index (χ0n) is 14.1. The van der Waals surface area contributed by atoms with Crippen molar-refractivity contribution in [2.24, 2.45) is 5.92 Å². The number of anilines is 3. The van der Waals surface area contributed by atoms with Gasteiger partial charge in [0.25, 0.3) is 0 Å². The number of ether oxygens (including phenoxy) is 1. The molecule has 1 aromatic heterocycles. The lowest BCUT2D eigenvalue weighted by molar-refractivity contribution is -0.122. The van der Waals surface area contributed by atoms with Crippen LogP contribution in [0.15, 0.2) is 42.6 Å². The number of carbonyl (C=O) groups excluding carboxylic acids is 2. The van der Waals surface area contributed by atoms with E-state index >= 15 is 0 Å². The third kappa shape index (κ3) is 4.15. The van der Waals surface area contributed by atoms with E-state index in [4.69, 9.17) is 4.74 Å². The average Bonchev–Trinajstić information content (AvgIpc) is 2.56. The van der Waals surface area contributed by atoms with Crippen molar-refractivity contribution in [3.63, 3.8) is 0 Å². The molecule has 1 aliphatic rings. The van der Waals surface area contributed by atoms with Gasteiger partial charge in [0.2, 0.25) is 5.91 Å². The van der Waals surface area contributed by atoms with E-state index in [0.717, 1.165) is 19.3 Å². The fourth-order valence-electron chi connectivity index (χ4n) is 2.57. The van der Waals surface area contributed by atoms with Gasteiger partial charge in [0.15, 0.2) is 0 Å². The van der Waals surface area contributed by atoms with Crippen molar-refractivity contribution in [1.29, 1.82) is 0 Å². The molecule has 2 aromatic rings. The Labute approximate surface area is 146 Å². The van der Waals surface area contributed by atoms with Crippen molar-refractivity contribution in [2.75, 3.05) is 17.2 Å². The molecule has 3 rings (SSSR count). The van der Waals surface area contributed by atoms with Crippen molar-refractivity contribution in [2.45, 2.75) is 26.2 Å². The molecule has 0 saturated heterocycles. The van der Waals surface area contributed by atoms with Crippen LogP contribution >= 0.6 is 0 Å². The van der Waals surface area contributed by atoms with Crippen LogP contribution in [-0.2, 0) is 9.53 Å². The van der Waals surface area contributed by atoms with E-state index in [1.807, 2.05) is 6.07 Å². The van der Waals surface area contributed by atoms with E-state index in [0.29, 0.717) is 29.4 Å². The summed E-state index contributed by atoms with van der Waals surface area (Å²) in [4.78, 5) is 28.2. The molecule has 2 N–H and O–H groups in total.